The van der Waals surface area contributed by atoms with Gasteiger partial charge in [-0.15, -0.1) is 0 Å². The Balaban J connectivity index is 3.49. The third-order valence-electron chi connectivity index (χ3n) is 1.10. The van der Waals surface area contributed by atoms with Gasteiger partial charge < -0.3 is 9.47 Å². The summed E-state index contributed by atoms with van der Waals surface area (Å²) in [6, 6.07) is 0. The second kappa shape index (κ2) is 5.80. The van der Waals surface area contributed by atoms with Gasteiger partial charge in [0, 0.05) is 6.26 Å². The summed E-state index contributed by atoms with van der Waals surface area (Å²) >= 11 is 0. The molecule has 0 atom stereocenters. The number of hydrogen-bond acceptors (Lipinski definition) is 5. The molecule has 78 valence electrons. The molecule has 0 aromatic carbocycles. The fraction of sp³-hybridized carbons (Fsp3) is 0.857. The minimum atomic E-state index is -3.07. The van der Waals surface area contributed by atoms with Gasteiger partial charge in [-0.3, -0.25) is 0 Å². The largest absolute Gasteiger partial charge is 0.508 e. The van der Waals surface area contributed by atoms with Crippen molar-refractivity contribution >= 4 is 16.0 Å². The van der Waals surface area contributed by atoms with E-state index in [0.29, 0.717) is 6.42 Å². The van der Waals surface area contributed by atoms with E-state index in [2.05, 4.69) is 9.47 Å². The lowest BCUT2D eigenvalue weighted by atomic mass is 10.5. The van der Waals surface area contributed by atoms with E-state index < -0.39 is 16.0 Å². The van der Waals surface area contributed by atoms with Crippen molar-refractivity contribution in [2.45, 2.75) is 13.3 Å². The molecule has 0 aliphatic carbocycles. The lowest BCUT2D eigenvalue weighted by Crippen LogP contribution is -2.15. The summed E-state index contributed by atoms with van der Waals surface area (Å²) in [6.45, 7) is 1.99. The van der Waals surface area contributed by atoms with Crippen LogP contribution in [0.2, 0.25) is 0 Å². The molecule has 0 aromatic rings. The maximum atomic E-state index is 10.6. The number of carbonyl (C=O) groups is 1. The molecule has 0 radical (unpaired) electrons. The first-order chi connectivity index (χ1) is 5.95. The highest BCUT2D eigenvalue weighted by molar-refractivity contribution is 7.90. The van der Waals surface area contributed by atoms with Crippen molar-refractivity contribution in [2.24, 2.45) is 0 Å². The Hall–Kier alpha value is -0.780. The zero-order chi connectivity index (χ0) is 10.3. The van der Waals surface area contributed by atoms with Crippen molar-refractivity contribution in [3.8, 4) is 0 Å². The van der Waals surface area contributed by atoms with Gasteiger partial charge in [0.15, 0.2) is 9.84 Å². The first kappa shape index (κ1) is 12.2. The topological polar surface area (TPSA) is 69.7 Å². The lowest BCUT2D eigenvalue weighted by molar-refractivity contribution is 0.0597. The van der Waals surface area contributed by atoms with E-state index in [1.807, 2.05) is 6.92 Å². The van der Waals surface area contributed by atoms with Gasteiger partial charge in [0.25, 0.3) is 0 Å². The molecule has 13 heavy (non-hydrogen) atoms. The molecule has 0 aliphatic heterocycles. The maximum Gasteiger partial charge on any atom is 0.508 e. The molecule has 0 amide bonds. The van der Waals surface area contributed by atoms with Crippen molar-refractivity contribution in [3.63, 3.8) is 0 Å². The fourth-order valence-corrected chi connectivity index (χ4v) is 0.890. The molecule has 0 spiro atoms. The monoisotopic (exact) mass is 210 g/mol. The van der Waals surface area contributed by atoms with Crippen LogP contribution >= 0.6 is 0 Å². The number of rotatable bonds is 5. The predicted molar refractivity (Wildman–Crippen MR) is 47.3 cm³/mol. The van der Waals surface area contributed by atoms with Crippen LogP contribution in [0, 0.1) is 0 Å². The number of carbonyl (C=O) groups excluding carboxylic acids is 1. The van der Waals surface area contributed by atoms with Gasteiger partial charge in [-0.25, -0.2) is 13.2 Å². The summed E-state index contributed by atoms with van der Waals surface area (Å²) in [6.07, 6.45) is 0.972. The van der Waals surface area contributed by atoms with Gasteiger partial charge in [-0.05, 0) is 6.42 Å². The molecule has 0 aliphatic rings. The van der Waals surface area contributed by atoms with Crippen molar-refractivity contribution in [2.75, 3.05) is 25.2 Å². The molecule has 0 N–H and O–H groups in total. The number of ether oxygens (including phenoxy) is 2. The van der Waals surface area contributed by atoms with Crippen molar-refractivity contribution in [1.29, 1.82) is 0 Å². The fourth-order valence-electron chi connectivity index (χ4n) is 0.503. The van der Waals surface area contributed by atoms with E-state index >= 15 is 0 Å². The molecule has 0 saturated heterocycles. The van der Waals surface area contributed by atoms with Gasteiger partial charge in [0.1, 0.15) is 6.61 Å². The molecular formula is C7H14O5S. The first-order valence-electron chi connectivity index (χ1n) is 3.93. The standard InChI is InChI=1S/C7H14O5S/c1-3-4-11-7(8)12-5-6-13(2,9)10/h3-6H2,1-2H3. The van der Waals surface area contributed by atoms with Crippen molar-refractivity contribution in [3.05, 3.63) is 0 Å². The van der Waals surface area contributed by atoms with Gasteiger partial charge in [0.05, 0.1) is 12.4 Å². The van der Waals surface area contributed by atoms with Crippen LogP contribution in [0.3, 0.4) is 0 Å². The molecule has 0 fully saturated rings. The smallest absolute Gasteiger partial charge is 0.434 e. The zero-order valence-corrected chi connectivity index (χ0v) is 8.59. The normalized spacial score (nSPS) is 10.9. The van der Waals surface area contributed by atoms with Gasteiger partial charge in [-0.1, -0.05) is 6.92 Å². The highest BCUT2D eigenvalue weighted by atomic mass is 32.2. The van der Waals surface area contributed by atoms with Crippen molar-refractivity contribution < 1.29 is 22.7 Å². The van der Waals surface area contributed by atoms with E-state index in [1.54, 1.807) is 0 Å². The zero-order valence-electron chi connectivity index (χ0n) is 7.78. The molecular weight excluding hydrogens is 196 g/mol. The Morgan fingerprint density at radius 1 is 1.23 bits per heavy atom. The quantitative estimate of drug-likeness (QED) is 0.621. The van der Waals surface area contributed by atoms with Crippen LogP contribution in [-0.4, -0.2) is 39.8 Å². The summed E-state index contributed by atoms with van der Waals surface area (Å²) in [4.78, 5) is 10.6. The second-order valence-electron chi connectivity index (χ2n) is 2.58. The molecule has 0 heterocycles. The lowest BCUT2D eigenvalue weighted by Gasteiger charge is -2.03. The maximum absolute atomic E-state index is 10.6. The van der Waals surface area contributed by atoms with Crippen LogP contribution in [0.1, 0.15) is 13.3 Å². The van der Waals surface area contributed by atoms with E-state index in [4.69, 9.17) is 0 Å². The minimum absolute atomic E-state index is 0.151. The Morgan fingerprint density at radius 3 is 2.23 bits per heavy atom. The summed E-state index contributed by atoms with van der Waals surface area (Å²) in [7, 11) is -3.07. The Labute approximate surface area is 77.9 Å². The van der Waals surface area contributed by atoms with Crippen LogP contribution < -0.4 is 0 Å². The van der Waals surface area contributed by atoms with E-state index in [1.165, 1.54) is 0 Å². The second-order valence-corrected chi connectivity index (χ2v) is 4.84. The summed E-state index contributed by atoms with van der Waals surface area (Å²) < 4.78 is 30.2. The molecule has 0 rings (SSSR count). The first-order valence-corrected chi connectivity index (χ1v) is 5.99. The number of sulfone groups is 1. The minimum Gasteiger partial charge on any atom is -0.434 e. The van der Waals surface area contributed by atoms with Gasteiger partial charge in [-0.2, -0.15) is 0 Å². The highest BCUT2D eigenvalue weighted by Gasteiger charge is 2.06. The van der Waals surface area contributed by atoms with Crippen LogP contribution in [0.25, 0.3) is 0 Å². The van der Waals surface area contributed by atoms with Gasteiger partial charge >= 0.3 is 6.16 Å². The van der Waals surface area contributed by atoms with Gasteiger partial charge in [0.2, 0.25) is 0 Å². The third kappa shape index (κ3) is 9.13. The summed E-state index contributed by atoms with van der Waals surface area (Å²) in [5.41, 5.74) is 0. The van der Waals surface area contributed by atoms with E-state index in [9.17, 15) is 13.2 Å². The highest BCUT2D eigenvalue weighted by Crippen LogP contribution is 1.89. The van der Waals surface area contributed by atoms with Crippen LogP contribution in [0.15, 0.2) is 0 Å². The molecule has 0 aromatic heterocycles. The molecule has 5 nitrogen and oxygen atoms in total. The summed E-state index contributed by atoms with van der Waals surface area (Å²) in [5.74, 6) is -0.172. The molecule has 0 unspecified atom stereocenters. The molecule has 0 saturated carbocycles. The molecule has 6 heteroatoms. The van der Waals surface area contributed by atoms with Crippen LogP contribution in [0.4, 0.5) is 4.79 Å². The number of hydrogen-bond donors (Lipinski definition) is 0. The summed E-state index contributed by atoms with van der Waals surface area (Å²) in [5, 5.41) is 0. The third-order valence-corrected chi connectivity index (χ3v) is 2.01. The van der Waals surface area contributed by atoms with E-state index in [-0.39, 0.29) is 19.0 Å². The Morgan fingerprint density at radius 2 is 1.77 bits per heavy atom. The Kier molecular flexibility index (Phi) is 5.45. The Bertz CT molecular complexity index is 244. The predicted octanol–water partition coefficient (Wildman–Crippen LogP) is 0.594. The molecule has 0 bridgehead atoms. The SMILES string of the molecule is CCCOC(=O)OCCS(C)(=O)=O. The van der Waals surface area contributed by atoms with Crippen LogP contribution in [-0.2, 0) is 19.3 Å². The average Bonchev–Trinajstić information content (AvgIpc) is 1.98. The van der Waals surface area contributed by atoms with E-state index in [0.717, 1.165) is 6.26 Å². The average molecular weight is 210 g/mol. The van der Waals surface area contributed by atoms with Crippen molar-refractivity contribution in [1.82, 2.24) is 0 Å². The van der Waals surface area contributed by atoms with Crippen LogP contribution in [0.5, 0.6) is 0 Å².